The van der Waals surface area contributed by atoms with E-state index in [0.717, 1.165) is 44.6 Å². The van der Waals surface area contributed by atoms with E-state index in [-0.39, 0.29) is 0 Å². The highest BCUT2D eigenvalue weighted by atomic mass is 16.3. The van der Waals surface area contributed by atoms with Crippen molar-refractivity contribution in [1.29, 1.82) is 0 Å². The first-order valence-corrected chi connectivity index (χ1v) is 6.73. The number of aryl methyl sites for hydroxylation is 2. The smallest absolute Gasteiger partial charge is 0.108 e. The van der Waals surface area contributed by atoms with Gasteiger partial charge in [0.2, 0.25) is 0 Å². The molecule has 4 heteroatoms. The predicted octanol–water partition coefficient (Wildman–Crippen LogP) is 0.876. The summed E-state index contributed by atoms with van der Waals surface area (Å²) in [6.07, 6.45) is 8.16. The number of nitrogens with one attached hydrogen (secondary N) is 1. The zero-order valence-corrected chi connectivity index (χ0v) is 10.3. The van der Waals surface area contributed by atoms with Gasteiger partial charge in [-0.15, -0.1) is 0 Å². The molecule has 3 heterocycles. The third-order valence-electron chi connectivity index (χ3n) is 4.00. The minimum absolute atomic E-state index is 0.532. The molecule has 0 unspecified atom stereocenters. The second-order valence-corrected chi connectivity index (χ2v) is 5.45. The topological polar surface area (TPSA) is 50.1 Å². The Morgan fingerprint density at radius 1 is 1.35 bits per heavy atom. The molecule has 94 valence electrons. The highest BCUT2D eigenvalue weighted by Gasteiger charge is 2.30. The van der Waals surface area contributed by atoms with Crippen molar-refractivity contribution in [3.63, 3.8) is 0 Å². The van der Waals surface area contributed by atoms with Crippen LogP contribution in [0.5, 0.6) is 0 Å². The SMILES string of the molecule is OC1(Cc2cn3c(n2)CCCC3)CCNCC1. The quantitative estimate of drug-likeness (QED) is 0.800. The van der Waals surface area contributed by atoms with E-state index in [2.05, 4.69) is 21.1 Å². The maximum absolute atomic E-state index is 10.5. The summed E-state index contributed by atoms with van der Waals surface area (Å²) in [6, 6.07) is 0. The molecule has 0 bridgehead atoms. The van der Waals surface area contributed by atoms with Gasteiger partial charge in [-0.2, -0.15) is 0 Å². The molecule has 0 spiro atoms. The van der Waals surface area contributed by atoms with Gasteiger partial charge in [0.25, 0.3) is 0 Å². The number of imidazole rings is 1. The predicted molar refractivity (Wildman–Crippen MR) is 65.9 cm³/mol. The summed E-state index contributed by atoms with van der Waals surface area (Å²) < 4.78 is 2.27. The van der Waals surface area contributed by atoms with Gasteiger partial charge in [0.05, 0.1) is 11.3 Å². The zero-order chi connectivity index (χ0) is 11.7. The van der Waals surface area contributed by atoms with Gasteiger partial charge in [0.1, 0.15) is 5.82 Å². The standard InChI is InChI=1S/C13H21N3O/c17-13(4-6-14-7-5-13)9-11-10-16-8-2-1-3-12(16)15-11/h10,14,17H,1-9H2. The van der Waals surface area contributed by atoms with Crippen molar-refractivity contribution < 1.29 is 5.11 Å². The lowest BCUT2D eigenvalue weighted by molar-refractivity contribution is 0.0101. The van der Waals surface area contributed by atoms with E-state index in [4.69, 9.17) is 0 Å². The summed E-state index contributed by atoms with van der Waals surface area (Å²) in [7, 11) is 0. The Kier molecular flexibility index (Phi) is 2.92. The van der Waals surface area contributed by atoms with Gasteiger partial charge in [0.15, 0.2) is 0 Å². The Morgan fingerprint density at radius 2 is 2.18 bits per heavy atom. The van der Waals surface area contributed by atoms with Crippen LogP contribution in [-0.2, 0) is 19.4 Å². The summed E-state index contributed by atoms with van der Waals surface area (Å²) in [6.45, 7) is 2.94. The van der Waals surface area contributed by atoms with Crippen LogP contribution in [0.2, 0.25) is 0 Å². The van der Waals surface area contributed by atoms with Crippen LogP contribution >= 0.6 is 0 Å². The average Bonchev–Trinajstić information content (AvgIpc) is 2.71. The highest BCUT2D eigenvalue weighted by molar-refractivity contribution is 5.09. The number of rotatable bonds is 2. The van der Waals surface area contributed by atoms with Crippen LogP contribution in [0.25, 0.3) is 0 Å². The summed E-state index contributed by atoms with van der Waals surface area (Å²) in [4.78, 5) is 4.67. The van der Waals surface area contributed by atoms with Crippen molar-refractivity contribution >= 4 is 0 Å². The number of fused-ring (bicyclic) bond motifs is 1. The fourth-order valence-corrected chi connectivity index (χ4v) is 2.96. The van der Waals surface area contributed by atoms with Crippen LogP contribution in [0.15, 0.2) is 6.20 Å². The molecule has 3 rings (SSSR count). The van der Waals surface area contributed by atoms with Crippen molar-refractivity contribution in [1.82, 2.24) is 14.9 Å². The second-order valence-electron chi connectivity index (χ2n) is 5.45. The van der Waals surface area contributed by atoms with Crippen molar-refractivity contribution in [2.24, 2.45) is 0 Å². The van der Waals surface area contributed by atoms with E-state index in [9.17, 15) is 5.11 Å². The number of nitrogens with zero attached hydrogens (tertiary/aromatic N) is 2. The van der Waals surface area contributed by atoms with Gasteiger partial charge in [-0.05, 0) is 38.8 Å². The van der Waals surface area contributed by atoms with E-state index < -0.39 is 5.60 Å². The molecular weight excluding hydrogens is 214 g/mol. The third-order valence-corrected chi connectivity index (χ3v) is 4.00. The fourth-order valence-electron chi connectivity index (χ4n) is 2.96. The molecule has 0 amide bonds. The Hall–Kier alpha value is -0.870. The van der Waals surface area contributed by atoms with Gasteiger partial charge in [-0.1, -0.05) is 0 Å². The molecule has 4 nitrogen and oxygen atoms in total. The van der Waals surface area contributed by atoms with Gasteiger partial charge in [-0.25, -0.2) is 4.98 Å². The van der Waals surface area contributed by atoms with Crippen LogP contribution < -0.4 is 5.32 Å². The van der Waals surface area contributed by atoms with Crippen LogP contribution in [0.4, 0.5) is 0 Å². The first-order valence-electron chi connectivity index (χ1n) is 6.73. The normalized spacial score (nSPS) is 23.4. The molecule has 0 aromatic carbocycles. The van der Waals surface area contributed by atoms with E-state index in [1.807, 2.05) is 0 Å². The molecule has 0 saturated carbocycles. The van der Waals surface area contributed by atoms with Gasteiger partial charge in [-0.3, -0.25) is 0 Å². The van der Waals surface area contributed by atoms with Crippen molar-refractivity contribution in [3.05, 3.63) is 17.7 Å². The van der Waals surface area contributed by atoms with E-state index in [1.54, 1.807) is 0 Å². The van der Waals surface area contributed by atoms with E-state index in [0.29, 0.717) is 6.42 Å². The van der Waals surface area contributed by atoms with Crippen molar-refractivity contribution in [2.45, 2.75) is 50.7 Å². The summed E-state index contributed by atoms with van der Waals surface area (Å²) in [5.74, 6) is 1.21. The van der Waals surface area contributed by atoms with Gasteiger partial charge in [0, 0.05) is 25.6 Å². The van der Waals surface area contributed by atoms with Crippen molar-refractivity contribution in [3.8, 4) is 0 Å². The average molecular weight is 235 g/mol. The highest BCUT2D eigenvalue weighted by Crippen LogP contribution is 2.24. The molecule has 0 radical (unpaired) electrons. The zero-order valence-electron chi connectivity index (χ0n) is 10.3. The molecular formula is C13H21N3O. The minimum atomic E-state index is -0.532. The van der Waals surface area contributed by atoms with E-state index >= 15 is 0 Å². The first kappa shape index (κ1) is 11.2. The minimum Gasteiger partial charge on any atom is -0.389 e. The lowest BCUT2D eigenvalue weighted by atomic mass is 9.88. The van der Waals surface area contributed by atoms with Crippen molar-refractivity contribution in [2.75, 3.05) is 13.1 Å². The van der Waals surface area contributed by atoms with Gasteiger partial charge >= 0.3 is 0 Å². The Bertz CT molecular complexity index is 370. The molecule has 2 aliphatic heterocycles. The van der Waals surface area contributed by atoms with E-state index in [1.165, 1.54) is 18.7 Å². The molecule has 0 atom stereocenters. The van der Waals surface area contributed by atoms with Gasteiger partial charge < -0.3 is 15.0 Å². The maximum atomic E-state index is 10.5. The molecule has 1 aromatic rings. The van der Waals surface area contributed by atoms with Crippen LogP contribution in [0, 0.1) is 0 Å². The molecule has 1 aromatic heterocycles. The largest absolute Gasteiger partial charge is 0.389 e. The summed E-state index contributed by atoms with van der Waals surface area (Å²) >= 11 is 0. The lowest BCUT2D eigenvalue weighted by Gasteiger charge is -2.31. The van der Waals surface area contributed by atoms with Crippen LogP contribution in [0.1, 0.15) is 37.2 Å². The lowest BCUT2D eigenvalue weighted by Crippen LogP contribution is -2.43. The Labute approximate surface area is 102 Å². The molecule has 2 aliphatic rings. The summed E-state index contributed by atoms with van der Waals surface area (Å²) in [5, 5.41) is 13.8. The monoisotopic (exact) mass is 235 g/mol. The first-order chi connectivity index (χ1) is 8.25. The molecule has 0 aliphatic carbocycles. The number of aliphatic hydroxyl groups is 1. The summed E-state index contributed by atoms with van der Waals surface area (Å²) in [5.41, 5.74) is 0.543. The number of aromatic nitrogens is 2. The molecule has 17 heavy (non-hydrogen) atoms. The molecule has 2 N–H and O–H groups in total. The second kappa shape index (κ2) is 4.42. The number of hydrogen-bond acceptors (Lipinski definition) is 3. The Morgan fingerprint density at radius 3 is 2.94 bits per heavy atom. The van der Waals surface area contributed by atoms with Crippen LogP contribution in [-0.4, -0.2) is 33.3 Å². The third kappa shape index (κ3) is 2.38. The number of hydrogen-bond donors (Lipinski definition) is 2. The maximum Gasteiger partial charge on any atom is 0.108 e. The molecule has 1 saturated heterocycles. The fraction of sp³-hybridized carbons (Fsp3) is 0.769. The number of piperidine rings is 1. The Balaban J connectivity index is 1.73. The molecule has 1 fully saturated rings. The van der Waals surface area contributed by atoms with Crippen LogP contribution in [0.3, 0.4) is 0 Å².